The number of aliphatic hydroxyl groups excluding tert-OH is 2. The fourth-order valence-electron chi connectivity index (χ4n) is 2.12. The van der Waals surface area contributed by atoms with Gasteiger partial charge in [-0.3, -0.25) is 0 Å². The van der Waals surface area contributed by atoms with Gasteiger partial charge in [0.05, 0.1) is 27.2 Å². The molecule has 0 aromatic rings. The molecule has 0 atom stereocenters. The van der Waals surface area contributed by atoms with Crippen molar-refractivity contribution in [3.8, 4) is 0 Å². The summed E-state index contributed by atoms with van der Waals surface area (Å²) in [6.45, 7) is 6.65. The number of quaternary nitrogens is 1. The second-order valence-electron chi connectivity index (χ2n) is 6.40. The summed E-state index contributed by atoms with van der Waals surface area (Å²) in [6.07, 6.45) is 8.26. The predicted molar refractivity (Wildman–Crippen MR) is 116 cm³/mol. The topological polar surface area (TPSA) is 57.5 Å². The average molecular weight is 404 g/mol. The second kappa shape index (κ2) is 32.5. The Balaban J connectivity index is -0.0000000579. The first kappa shape index (κ1) is 44.9. The van der Waals surface area contributed by atoms with E-state index in [0.29, 0.717) is 13.2 Å². The van der Waals surface area contributed by atoms with Crippen LogP contribution in [0.2, 0.25) is 0 Å². The summed E-state index contributed by atoms with van der Waals surface area (Å²) in [4.78, 5) is 10.0. The van der Waals surface area contributed by atoms with E-state index in [1.807, 2.05) is 6.92 Å². The zero-order valence-electron chi connectivity index (χ0n) is 15.1. The fourth-order valence-corrected chi connectivity index (χ4v) is 2.12. The highest BCUT2D eigenvalue weighted by Gasteiger charge is 2.13. The molecule has 5 heteroatoms. The van der Waals surface area contributed by atoms with Crippen LogP contribution in [0.15, 0.2) is 0 Å². The van der Waals surface area contributed by atoms with Gasteiger partial charge in [0.25, 0.3) is 0 Å². The molecule has 0 rings (SSSR count). The van der Waals surface area contributed by atoms with Crippen molar-refractivity contribution in [2.75, 3.05) is 40.4 Å². The van der Waals surface area contributed by atoms with Crippen LogP contribution in [0, 0.1) is 0 Å². The van der Waals surface area contributed by atoms with Gasteiger partial charge in [0.2, 0.25) is 0 Å². The van der Waals surface area contributed by atoms with E-state index in [9.17, 15) is 4.79 Å². The van der Waals surface area contributed by atoms with Gasteiger partial charge in [0.1, 0.15) is 5.78 Å². The SMILES string of the molecule is C.C.C.C.CCCC(C)=O.C[N+](C)(CCCCCO)CCCCCO.[Cl-]. The first-order valence-electron chi connectivity index (χ1n) is 8.42. The van der Waals surface area contributed by atoms with E-state index >= 15 is 0 Å². The van der Waals surface area contributed by atoms with Gasteiger partial charge in [-0.15, -0.1) is 0 Å². The molecule has 0 aliphatic carbocycles. The molecular formula is C21H54ClNO3. The van der Waals surface area contributed by atoms with Gasteiger partial charge in [-0.2, -0.15) is 0 Å². The predicted octanol–water partition coefficient (Wildman–Crippen LogP) is 2.31. The van der Waals surface area contributed by atoms with Crippen molar-refractivity contribution in [2.24, 2.45) is 0 Å². The Labute approximate surface area is 173 Å². The van der Waals surface area contributed by atoms with E-state index in [4.69, 9.17) is 10.2 Å². The first-order chi connectivity index (χ1) is 9.89. The number of carbonyl (C=O) groups is 1. The molecule has 0 saturated carbocycles. The molecule has 26 heavy (non-hydrogen) atoms. The third kappa shape index (κ3) is 43.9. The number of nitrogens with zero attached hydrogens (tertiary/aromatic N) is 1. The standard InChI is InChI=1S/C12H28NO2.C5H10O.4CH4.ClH/c1-13(2,9-5-3-7-11-14)10-6-4-8-12-15;1-3-4-5(2)6;;;;;/h14-15H,3-12H2,1-2H3;3-4H2,1-2H3;4*1H4;1H/q+1;;;;;;/p-1. The number of carbonyl (C=O) groups excluding carboxylic acids is 1. The molecule has 4 nitrogen and oxygen atoms in total. The molecule has 0 radical (unpaired) electrons. The van der Waals surface area contributed by atoms with E-state index < -0.39 is 0 Å². The molecule has 0 fully saturated rings. The maximum Gasteiger partial charge on any atom is 0.129 e. The van der Waals surface area contributed by atoms with Crippen molar-refractivity contribution >= 4 is 5.78 Å². The lowest BCUT2D eigenvalue weighted by atomic mass is 10.2. The number of hydrogen-bond acceptors (Lipinski definition) is 3. The van der Waals surface area contributed by atoms with Gasteiger partial charge < -0.3 is 31.9 Å². The van der Waals surface area contributed by atoms with Gasteiger partial charge >= 0.3 is 0 Å². The van der Waals surface area contributed by atoms with Crippen LogP contribution in [0.25, 0.3) is 0 Å². The molecule has 168 valence electrons. The number of halogens is 1. The molecule has 2 N–H and O–H groups in total. The summed E-state index contributed by atoms with van der Waals surface area (Å²) >= 11 is 0. The minimum Gasteiger partial charge on any atom is -1.00 e. The number of ketones is 1. The quantitative estimate of drug-likeness (QED) is 0.388. The van der Waals surface area contributed by atoms with Gasteiger partial charge in [-0.25, -0.2) is 0 Å². The number of hydrogen-bond donors (Lipinski definition) is 2. The maximum absolute atomic E-state index is 10.0. The molecule has 0 bridgehead atoms. The smallest absolute Gasteiger partial charge is 0.129 e. The molecule has 0 heterocycles. The van der Waals surface area contributed by atoms with Gasteiger partial charge in [0.15, 0.2) is 0 Å². The third-order valence-electron chi connectivity index (χ3n) is 3.45. The van der Waals surface area contributed by atoms with Crippen molar-refractivity contribution in [3.63, 3.8) is 0 Å². The van der Waals surface area contributed by atoms with Crippen molar-refractivity contribution in [2.45, 2.75) is 94.9 Å². The highest BCUT2D eigenvalue weighted by Crippen LogP contribution is 2.07. The summed E-state index contributed by atoms with van der Waals surface area (Å²) in [6, 6.07) is 0. The lowest BCUT2D eigenvalue weighted by molar-refractivity contribution is -0.890. The van der Waals surface area contributed by atoms with Crippen molar-refractivity contribution in [1.29, 1.82) is 0 Å². The number of aliphatic hydroxyl groups is 2. The van der Waals surface area contributed by atoms with Gasteiger partial charge in [-0.05, 0) is 51.9 Å². The monoisotopic (exact) mass is 403 g/mol. The zero-order chi connectivity index (χ0) is 16.6. The second-order valence-corrected chi connectivity index (χ2v) is 6.40. The number of unbranched alkanes of at least 4 members (excludes halogenated alkanes) is 4. The Morgan fingerprint density at radius 3 is 1.31 bits per heavy atom. The summed E-state index contributed by atoms with van der Waals surface area (Å²) in [7, 11) is 4.52. The Hall–Kier alpha value is -0.160. The van der Waals surface area contributed by atoms with E-state index in [2.05, 4.69) is 14.1 Å². The van der Waals surface area contributed by atoms with E-state index in [1.54, 1.807) is 6.92 Å². The summed E-state index contributed by atoms with van der Waals surface area (Å²) in [5.74, 6) is 0.289. The molecule has 0 amide bonds. The van der Waals surface area contributed by atoms with Gasteiger partial charge in [-0.1, -0.05) is 36.6 Å². The van der Waals surface area contributed by atoms with Crippen molar-refractivity contribution < 1.29 is 31.9 Å². The third-order valence-corrected chi connectivity index (χ3v) is 3.45. The van der Waals surface area contributed by atoms with Crippen LogP contribution in [0.1, 0.15) is 94.9 Å². The van der Waals surface area contributed by atoms with Crippen LogP contribution < -0.4 is 12.4 Å². The minimum atomic E-state index is 0. The molecular weight excluding hydrogens is 350 g/mol. The molecule has 0 spiro atoms. The van der Waals surface area contributed by atoms with E-state index in [0.717, 1.165) is 43.0 Å². The number of Topliss-reactive ketones (excluding diaryl/α,β-unsaturated/α-hetero) is 1. The van der Waals surface area contributed by atoms with Crippen molar-refractivity contribution in [1.82, 2.24) is 0 Å². The Bertz CT molecular complexity index is 223. The molecule has 0 aliphatic heterocycles. The molecule has 0 aromatic heterocycles. The Kier molecular flexibility index (Phi) is 56.2. The van der Waals surface area contributed by atoms with Crippen molar-refractivity contribution in [3.05, 3.63) is 0 Å². The molecule has 0 unspecified atom stereocenters. The maximum atomic E-state index is 10.0. The average Bonchev–Trinajstić information content (AvgIpc) is 2.40. The summed E-state index contributed by atoms with van der Waals surface area (Å²) in [5, 5.41) is 17.3. The highest BCUT2D eigenvalue weighted by molar-refractivity contribution is 5.75. The van der Waals surface area contributed by atoms with Crippen LogP contribution in [0.3, 0.4) is 0 Å². The zero-order valence-corrected chi connectivity index (χ0v) is 15.9. The van der Waals surface area contributed by atoms with Crippen LogP contribution in [0.5, 0.6) is 0 Å². The lowest BCUT2D eigenvalue weighted by Gasteiger charge is -2.29. The number of rotatable bonds is 12. The Morgan fingerprint density at radius 1 is 0.769 bits per heavy atom. The van der Waals surface area contributed by atoms with Gasteiger partial charge in [0, 0.05) is 19.6 Å². The van der Waals surface area contributed by atoms with Crippen LogP contribution >= 0.6 is 0 Å². The van der Waals surface area contributed by atoms with Crippen LogP contribution in [-0.2, 0) is 4.79 Å². The highest BCUT2D eigenvalue weighted by atomic mass is 35.5. The van der Waals surface area contributed by atoms with Crippen LogP contribution in [-0.4, -0.2) is 60.9 Å². The van der Waals surface area contributed by atoms with E-state index in [-0.39, 0.29) is 47.9 Å². The fraction of sp³-hybridized carbons (Fsp3) is 0.952. The lowest BCUT2D eigenvalue weighted by Crippen LogP contribution is -3.00. The Morgan fingerprint density at radius 2 is 1.12 bits per heavy atom. The van der Waals surface area contributed by atoms with Crippen LogP contribution in [0.4, 0.5) is 0 Å². The largest absolute Gasteiger partial charge is 1.00 e. The minimum absolute atomic E-state index is 0. The normalized spacial score (nSPS) is 8.85. The molecule has 0 saturated heterocycles. The first-order valence-corrected chi connectivity index (χ1v) is 8.42. The summed E-state index contributed by atoms with van der Waals surface area (Å²) < 4.78 is 1.07. The van der Waals surface area contributed by atoms with E-state index in [1.165, 1.54) is 25.9 Å². The molecule has 0 aromatic carbocycles. The molecule has 0 aliphatic rings. The summed E-state index contributed by atoms with van der Waals surface area (Å²) in [5.41, 5.74) is 0.